The molecule has 9 heteroatoms. The third-order valence-electron chi connectivity index (χ3n) is 5.04. The number of nitrogens with one attached hydrogen (secondary N) is 1. The van der Waals surface area contributed by atoms with Crippen molar-refractivity contribution in [2.75, 3.05) is 14.1 Å². The van der Waals surface area contributed by atoms with E-state index in [9.17, 15) is 25.1 Å². The maximum atomic E-state index is 12.4. The Balaban J connectivity index is 0.00000363. The molecule has 0 heterocycles. The van der Waals surface area contributed by atoms with Crippen LogP contribution in [-0.4, -0.2) is 47.0 Å². The summed E-state index contributed by atoms with van der Waals surface area (Å²) in [5.74, 6) is -1.55. The number of phenols is 1. The van der Waals surface area contributed by atoms with E-state index < -0.39 is 23.5 Å². The van der Waals surface area contributed by atoms with E-state index in [-0.39, 0.29) is 53.1 Å². The second kappa shape index (κ2) is 10.4. The minimum atomic E-state index is -1.35. The monoisotopic (exact) mass is 426 g/mol. The van der Waals surface area contributed by atoms with Gasteiger partial charge >= 0.3 is 18.9 Å². The minimum absolute atomic E-state index is 0. The van der Waals surface area contributed by atoms with Gasteiger partial charge in [-0.25, -0.2) is 0 Å². The molecule has 1 aliphatic carbocycles. The van der Waals surface area contributed by atoms with E-state index in [2.05, 4.69) is 10.6 Å². The van der Waals surface area contributed by atoms with E-state index in [4.69, 9.17) is 0 Å². The Bertz CT molecular complexity index is 1090. The average molecular weight is 426 g/mol. The third kappa shape index (κ3) is 4.81. The molecule has 3 N–H and O–H groups in total. The number of aliphatic hydroxyl groups excluding tert-OH is 1. The zero-order chi connectivity index (χ0) is 22.7. The molecule has 1 unspecified atom stereocenters. The van der Waals surface area contributed by atoms with Crippen LogP contribution in [0, 0.1) is 11.3 Å². The van der Waals surface area contributed by atoms with Crippen LogP contribution in [-0.2, 0) is 4.79 Å². The Morgan fingerprint density at radius 3 is 2.50 bits per heavy atom. The minimum Gasteiger partial charge on any atom is -0.650 e. The predicted octanol–water partition coefficient (Wildman–Crippen LogP) is -0.129. The second-order valence-corrected chi connectivity index (χ2v) is 7.36. The number of ketones is 1. The molecule has 1 aliphatic rings. The van der Waals surface area contributed by atoms with Gasteiger partial charge in [0.2, 0.25) is 0 Å². The molecule has 2 atom stereocenters. The second-order valence-electron chi connectivity index (χ2n) is 7.36. The Hall–Kier alpha value is -3.23. The van der Waals surface area contributed by atoms with Crippen molar-refractivity contribution in [2.24, 2.45) is 0 Å². The number of aromatic hydroxyl groups is 1. The van der Waals surface area contributed by atoms with Crippen LogP contribution in [0.2, 0.25) is 0 Å². The molecule has 0 saturated carbocycles. The van der Waals surface area contributed by atoms with Crippen LogP contribution in [0.25, 0.3) is 5.32 Å². The van der Waals surface area contributed by atoms with Gasteiger partial charge in [-0.15, -0.1) is 0 Å². The summed E-state index contributed by atoms with van der Waals surface area (Å²) in [6, 6.07) is 13.9. The molecule has 8 nitrogen and oxygen atoms in total. The molecular formula is C23H23LiN4O4. The van der Waals surface area contributed by atoms with E-state index in [0.29, 0.717) is 6.42 Å². The molecule has 3 rings (SSSR count). The van der Waals surface area contributed by atoms with Crippen molar-refractivity contribution < 1.29 is 38.7 Å². The summed E-state index contributed by atoms with van der Waals surface area (Å²) < 4.78 is 0. The standard InChI is InChI=1S/C23H23N4O4.Li/c1-4-16(14-8-6-5-7-9-14)25-18-19(22(30)21(18)29)26-17-11-13(12-24)10-15(20(17)28)23(31)27(2)3;/h5-11,16,21,29H,4H2,1-3H3,(H,25,30)(H,28,31);/q-1;+1/t16-,21?;/m1./s1. The predicted molar refractivity (Wildman–Crippen MR) is 115 cm³/mol. The number of nitriles is 1. The molecule has 0 spiro atoms. The molecule has 1 amide bonds. The fraction of sp³-hybridized carbons (Fsp3) is 0.261. The van der Waals surface area contributed by atoms with E-state index in [1.807, 2.05) is 43.3 Å². The van der Waals surface area contributed by atoms with Crippen LogP contribution in [0.5, 0.6) is 5.75 Å². The average Bonchev–Trinajstić information content (AvgIpc) is 2.79. The first-order chi connectivity index (χ1) is 14.8. The summed E-state index contributed by atoms with van der Waals surface area (Å²) in [4.78, 5) is 25.9. The van der Waals surface area contributed by atoms with Gasteiger partial charge in [-0.05, 0) is 18.1 Å². The summed E-state index contributed by atoms with van der Waals surface area (Å²) in [6.07, 6.45) is -0.654. The van der Waals surface area contributed by atoms with Crippen molar-refractivity contribution in [3.8, 4) is 11.8 Å². The number of carbonyl (C=O) groups is 2. The number of phenolic OH excluding ortho intramolecular Hbond substituents is 1. The maximum Gasteiger partial charge on any atom is 1.00 e. The van der Waals surface area contributed by atoms with Gasteiger partial charge in [-0.2, -0.15) is 5.26 Å². The molecule has 0 aliphatic heterocycles. The smallest absolute Gasteiger partial charge is 0.650 e. The molecular weight excluding hydrogens is 403 g/mol. The third-order valence-corrected chi connectivity index (χ3v) is 5.04. The number of Topliss-reactive ketones (excluding diaryl/α,β-unsaturated/α-hetero) is 1. The van der Waals surface area contributed by atoms with Crippen molar-refractivity contribution in [3.05, 3.63) is 75.9 Å². The topological polar surface area (TPSA) is 128 Å². The van der Waals surface area contributed by atoms with Gasteiger partial charge < -0.3 is 25.7 Å². The number of hydrogen-bond donors (Lipinski definition) is 3. The van der Waals surface area contributed by atoms with Crippen molar-refractivity contribution in [3.63, 3.8) is 0 Å². The molecule has 0 fully saturated rings. The van der Waals surface area contributed by atoms with Gasteiger partial charge in [-0.1, -0.05) is 54.7 Å². The largest absolute Gasteiger partial charge is 1.00 e. The Labute approximate surface area is 198 Å². The number of rotatable bonds is 7. The van der Waals surface area contributed by atoms with E-state index in [1.165, 1.54) is 31.1 Å². The van der Waals surface area contributed by atoms with Gasteiger partial charge in [0, 0.05) is 19.8 Å². The molecule has 2 aromatic carbocycles. The van der Waals surface area contributed by atoms with Gasteiger partial charge in [0.1, 0.15) is 5.75 Å². The van der Waals surface area contributed by atoms with Gasteiger partial charge in [0.15, 0.2) is 11.9 Å². The van der Waals surface area contributed by atoms with Crippen molar-refractivity contribution >= 4 is 17.4 Å². The molecule has 0 saturated heterocycles. The van der Waals surface area contributed by atoms with Crippen LogP contribution < -0.4 is 24.2 Å². The SMILES string of the molecule is CC[C@@H](NC1=C([N-]c2cc(C#N)cc(C(=O)N(C)C)c2O)C(=O)C1O)c1ccccc1.[Li+]. The number of benzene rings is 2. The number of carbonyl (C=O) groups excluding carboxylic acids is 2. The van der Waals surface area contributed by atoms with Crippen molar-refractivity contribution in [1.82, 2.24) is 10.2 Å². The van der Waals surface area contributed by atoms with E-state index in [0.717, 1.165) is 5.56 Å². The number of nitrogens with zero attached hydrogens (tertiary/aromatic N) is 3. The summed E-state index contributed by atoms with van der Waals surface area (Å²) in [7, 11) is 3.03. The maximum absolute atomic E-state index is 12.4. The summed E-state index contributed by atoms with van der Waals surface area (Å²) in [5.41, 5.74) is 1.10. The van der Waals surface area contributed by atoms with Gasteiger partial charge in [0.25, 0.3) is 5.91 Å². The zero-order valence-electron chi connectivity index (χ0n) is 18.5. The summed E-state index contributed by atoms with van der Waals surface area (Å²) >= 11 is 0. The Morgan fingerprint density at radius 2 is 1.94 bits per heavy atom. The molecule has 0 aromatic heterocycles. The van der Waals surface area contributed by atoms with Gasteiger partial charge in [0.05, 0.1) is 23.2 Å². The van der Waals surface area contributed by atoms with E-state index >= 15 is 0 Å². The van der Waals surface area contributed by atoms with Crippen LogP contribution in [0.3, 0.4) is 0 Å². The molecule has 160 valence electrons. The molecule has 32 heavy (non-hydrogen) atoms. The first-order valence-corrected chi connectivity index (χ1v) is 9.76. The van der Waals surface area contributed by atoms with Crippen LogP contribution in [0.15, 0.2) is 53.9 Å². The fourth-order valence-corrected chi connectivity index (χ4v) is 3.30. The molecule has 0 bridgehead atoms. The first kappa shape index (κ1) is 25.0. The van der Waals surface area contributed by atoms with Gasteiger partial charge in [-0.3, -0.25) is 9.59 Å². The molecule has 0 radical (unpaired) electrons. The Morgan fingerprint density at radius 1 is 1.28 bits per heavy atom. The summed E-state index contributed by atoms with van der Waals surface area (Å²) in [5, 5.41) is 37.4. The van der Waals surface area contributed by atoms with Crippen LogP contribution in [0.1, 0.15) is 40.9 Å². The zero-order valence-corrected chi connectivity index (χ0v) is 18.5. The van der Waals surface area contributed by atoms with Crippen molar-refractivity contribution in [1.29, 1.82) is 5.26 Å². The van der Waals surface area contributed by atoms with E-state index in [1.54, 1.807) is 0 Å². The molecule has 2 aromatic rings. The van der Waals surface area contributed by atoms with Crippen LogP contribution in [0.4, 0.5) is 5.69 Å². The van der Waals surface area contributed by atoms with Crippen molar-refractivity contribution in [2.45, 2.75) is 25.5 Å². The number of amides is 1. The Kier molecular flexibility index (Phi) is 8.12. The quantitative estimate of drug-likeness (QED) is 0.530. The number of hydrogen-bond acceptors (Lipinski definition) is 6. The normalized spacial score (nSPS) is 15.7. The summed E-state index contributed by atoms with van der Waals surface area (Å²) in [6.45, 7) is 1.97. The number of aliphatic hydroxyl groups is 1. The first-order valence-electron chi connectivity index (χ1n) is 9.76. The fourth-order valence-electron chi connectivity index (χ4n) is 3.30. The van der Waals surface area contributed by atoms with Crippen LogP contribution >= 0.6 is 0 Å².